The van der Waals surface area contributed by atoms with Gasteiger partial charge in [-0.3, -0.25) is 19.7 Å². The summed E-state index contributed by atoms with van der Waals surface area (Å²) in [4.78, 5) is 34.1. The van der Waals surface area contributed by atoms with Gasteiger partial charge < -0.3 is 15.4 Å². The van der Waals surface area contributed by atoms with E-state index in [0.717, 1.165) is 11.6 Å². The van der Waals surface area contributed by atoms with Crippen LogP contribution in [0.5, 0.6) is 5.75 Å². The molecule has 0 saturated carbocycles. The predicted octanol–water partition coefficient (Wildman–Crippen LogP) is 2.49. The molecule has 124 valence electrons. The molecule has 2 aromatic rings. The van der Waals surface area contributed by atoms with Gasteiger partial charge in [-0.05, 0) is 25.1 Å². The fourth-order valence-electron chi connectivity index (χ4n) is 1.91. The van der Waals surface area contributed by atoms with Crippen molar-refractivity contribution < 1.29 is 19.2 Å². The first-order valence-corrected chi connectivity index (χ1v) is 6.92. The Morgan fingerprint density at radius 2 is 1.67 bits per heavy atom. The van der Waals surface area contributed by atoms with Crippen molar-refractivity contribution in [1.29, 1.82) is 0 Å². The van der Waals surface area contributed by atoms with E-state index in [-0.39, 0.29) is 17.1 Å². The van der Waals surface area contributed by atoms with E-state index in [4.69, 9.17) is 4.74 Å². The van der Waals surface area contributed by atoms with Crippen LogP contribution in [-0.4, -0.2) is 23.8 Å². The first kappa shape index (κ1) is 16.9. The summed E-state index contributed by atoms with van der Waals surface area (Å²) in [5.74, 6) is -1.65. The van der Waals surface area contributed by atoms with Gasteiger partial charge in [-0.1, -0.05) is 17.7 Å². The van der Waals surface area contributed by atoms with Crippen LogP contribution in [-0.2, 0) is 9.59 Å². The molecule has 0 fully saturated rings. The smallest absolute Gasteiger partial charge is 0.314 e. The standard InChI is InChI=1S/C16H15N3O5/c1-10-3-5-11(6-4-10)17-15(20)16(21)18-13-9-12(19(22)23)7-8-14(13)24-2/h3-9H,1-2H3,(H,17,20)(H,18,21). The Bertz CT molecular complexity index is 787. The molecule has 0 aliphatic rings. The van der Waals surface area contributed by atoms with Crippen LogP contribution < -0.4 is 15.4 Å². The summed E-state index contributed by atoms with van der Waals surface area (Å²) in [5.41, 5.74) is 1.28. The second-order valence-electron chi connectivity index (χ2n) is 4.92. The van der Waals surface area contributed by atoms with Crippen molar-refractivity contribution in [2.75, 3.05) is 17.7 Å². The van der Waals surface area contributed by atoms with Crippen molar-refractivity contribution in [3.63, 3.8) is 0 Å². The van der Waals surface area contributed by atoms with Crippen molar-refractivity contribution in [1.82, 2.24) is 0 Å². The Morgan fingerprint density at radius 3 is 2.25 bits per heavy atom. The molecule has 0 bridgehead atoms. The maximum absolute atomic E-state index is 12.0. The van der Waals surface area contributed by atoms with Gasteiger partial charge in [-0.25, -0.2) is 0 Å². The molecule has 0 unspecified atom stereocenters. The number of nitrogens with zero attached hydrogens (tertiary/aromatic N) is 1. The Hall–Kier alpha value is -3.42. The molecule has 0 aliphatic carbocycles. The molecule has 0 aliphatic heterocycles. The van der Waals surface area contributed by atoms with Crippen LogP contribution in [0.4, 0.5) is 17.1 Å². The summed E-state index contributed by atoms with van der Waals surface area (Å²) in [7, 11) is 1.35. The highest BCUT2D eigenvalue weighted by molar-refractivity contribution is 6.43. The third-order valence-corrected chi connectivity index (χ3v) is 3.16. The minimum absolute atomic E-state index is 0.0377. The molecular formula is C16H15N3O5. The number of hydrogen-bond donors (Lipinski definition) is 2. The number of benzene rings is 2. The lowest BCUT2D eigenvalue weighted by Crippen LogP contribution is -2.29. The Balaban J connectivity index is 2.13. The molecule has 24 heavy (non-hydrogen) atoms. The molecule has 0 aromatic heterocycles. The van der Waals surface area contributed by atoms with Gasteiger partial charge in [-0.15, -0.1) is 0 Å². The molecule has 2 aromatic carbocycles. The van der Waals surface area contributed by atoms with E-state index in [9.17, 15) is 19.7 Å². The van der Waals surface area contributed by atoms with Crippen molar-refractivity contribution in [3.8, 4) is 5.75 Å². The first-order chi connectivity index (χ1) is 11.4. The van der Waals surface area contributed by atoms with Gasteiger partial charge in [-0.2, -0.15) is 0 Å². The summed E-state index contributed by atoms with van der Waals surface area (Å²) >= 11 is 0. The van der Waals surface area contributed by atoms with Crippen LogP contribution >= 0.6 is 0 Å². The lowest BCUT2D eigenvalue weighted by atomic mass is 10.2. The Labute approximate surface area is 137 Å². The van der Waals surface area contributed by atoms with E-state index in [1.807, 2.05) is 6.92 Å². The van der Waals surface area contributed by atoms with E-state index < -0.39 is 16.7 Å². The minimum atomic E-state index is -0.964. The Kier molecular flexibility index (Phi) is 5.10. The number of methoxy groups -OCH3 is 1. The lowest BCUT2D eigenvalue weighted by Gasteiger charge is -2.10. The zero-order valence-electron chi connectivity index (χ0n) is 13.0. The lowest BCUT2D eigenvalue weighted by molar-refractivity contribution is -0.384. The summed E-state index contributed by atoms with van der Waals surface area (Å²) < 4.78 is 5.02. The molecule has 0 atom stereocenters. The molecule has 2 N–H and O–H groups in total. The maximum atomic E-state index is 12.0. The monoisotopic (exact) mass is 329 g/mol. The number of nitro benzene ring substituents is 1. The van der Waals surface area contributed by atoms with E-state index in [0.29, 0.717) is 5.69 Å². The first-order valence-electron chi connectivity index (χ1n) is 6.92. The number of rotatable bonds is 4. The second kappa shape index (κ2) is 7.23. The average molecular weight is 329 g/mol. The van der Waals surface area contributed by atoms with Gasteiger partial charge in [0.2, 0.25) is 0 Å². The number of ether oxygens (including phenoxy) is 1. The van der Waals surface area contributed by atoms with Crippen molar-refractivity contribution in [3.05, 3.63) is 58.1 Å². The third-order valence-electron chi connectivity index (χ3n) is 3.16. The van der Waals surface area contributed by atoms with Crippen molar-refractivity contribution in [2.24, 2.45) is 0 Å². The molecule has 8 nitrogen and oxygen atoms in total. The summed E-state index contributed by atoms with van der Waals surface area (Å²) in [6.45, 7) is 1.90. The molecular weight excluding hydrogens is 314 g/mol. The molecule has 2 amide bonds. The van der Waals surface area contributed by atoms with Gasteiger partial charge in [0.1, 0.15) is 5.75 Å². The summed E-state index contributed by atoms with van der Waals surface area (Å²) in [5, 5.41) is 15.6. The van der Waals surface area contributed by atoms with Gasteiger partial charge in [0.25, 0.3) is 5.69 Å². The van der Waals surface area contributed by atoms with Crippen LogP contribution in [0.25, 0.3) is 0 Å². The zero-order chi connectivity index (χ0) is 17.7. The number of nitro groups is 1. The van der Waals surface area contributed by atoms with Crippen LogP contribution in [0, 0.1) is 17.0 Å². The zero-order valence-corrected chi connectivity index (χ0v) is 13.0. The van der Waals surface area contributed by atoms with E-state index in [1.54, 1.807) is 24.3 Å². The largest absolute Gasteiger partial charge is 0.495 e. The molecule has 0 radical (unpaired) electrons. The number of hydrogen-bond acceptors (Lipinski definition) is 5. The van der Waals surface area contributed by atoms with Gasteiger partial charge in [0.15, 0.2) is 0 Å². The van der Waals surface area contributed by atoms with Gasteiger partial charge in [0, 0.05) is 17.8 Å². The summed E-state index contributed by atoms with van der Waals surface area (Å²) in [6.07, 6.45) is 0. The quantitative estimate of drug-likeness (QED) is 0.508. The van der Waals surface area contributed by atoms with E-state index in [1.165, 1.54) is 19.2 Å². The summed E-state index contributed by atoms with van der Waals surface area (Å²) in [6, 6.07) is 10.6. The number of anilines is 2. The molecule has 0 saturated heterocycles. The number of amides is 2. The van der Waals surface area contributed by atoms with Crippen LogP contribution in [0.2, 0.25) is 0 Å². The number of carbonyl (C=O) groups excluding carboxylic acids is 2. The van der Waals surface area contributed by atoms with Crippen LogP contribution in [0.3, 0.4) is 0 Å². The maximum Gasteiger partial charge on any atom is 0.314 e. The highest BCUT2D eigenvalue weighted by Crippen LogP contribution is 2.28. The van der Waals surface area contributed by atoms with E-state index >= 15 is 0 Å². The van der Waals surface area contributed by atoms with Crippen molar-refractivity contribution in [2.45, 2.75) is 6.92 Å². The predicted molar refractivity (Wildman–Crippen MR) is 88.1 cm³/mol. The fraction of sp³-hybridized carbons (Fsp3) is 0.125. The number of non-ortho nitro benzene ring substituents is 1. The van der Waals surface area contributed by atoms with Gasteiger partial charge >= 0.3 is 11.8 Å². The van der Waals surface area contributed by atoms with Crippen molar-refractivity contribution >= 4 is 28.9 Å². The SMILES string of the molecule is COc1ccc([N+](=O)[O-])cc1NC(=O)C(=O)Nc1ccc(C)cc1. The van der Waals surface area contributed by atoms with E-state index in [2.05, 4.69) is 10.6 Å². The van der Waals surface area contributed by atoms with Crippen LogP contribution in [0.15, 0.2) is 42.5 Å². The molecule has 8 heteroatoms. The van der Waals surface area contributed by atoms with Crippen LogP contribution in [0.1, 0.15) is 5.56 Å². The number of carbonyl (C=O) groups is 2. The average Bonchev–Trinajstić information content (AvgIpc) is 2.56. The third kappa shape index (κ3) is 4.07. The normalized spacial score (nSPS) is 9.92. The fourth-order valence-corrected chi connectivity index (χ4v) is 1.91. The minimum Gasteiger partial charge on any atom is -0.495 e. The highest BCUT2D eigenvalue weighted by atomic mass is 16.6. The molecule has 2 rings (SSSR count). The second-order valence-corrected chi connectivity index (χ2v) is 4.92. The topological polar surface area (TPSA) is 111 Å². The molecule has 0 spiro atoms. The van der Waals surface area contributed by atoms with Gasteiger partial charge in [0.05, 0.1) is 17.7 Å². The Morgan fingerprint density at radius 1 is 1.04 bits per heavy atom. The number of aryl methyl sites for hydroxylation is 1. The highest BCUT2D eigenvalue weighted by Gasteiger charge is 2.18. The molecule has 0 heterocycles. The number of nitrogens with one attached hydrogen (secondary N) is 2.